The molecule has 1 rings (SSSR count). The molecule has 0 aliphatic rings. The van der Waals surface area contributed by atoms with Gasteiger partial charge in [0.2, 0.25) is 5.82 Å². The fourth-order valence-corrected chi connectivity index (χ4v) is 1.14. The van der Waals surface area contributed by atoms with Crippen molar-refractivity contribution in [1.29, 1.82) is 0 Å². The van der Waals surface area contributed by atoms with Crippen LogP contribution in [0.4, 0.5) is 0 Å². The highest BCUT2D eigenvalue weighted by molar-refractivity contribution is 5.90. The van der Waals surface area contributed by atoms with E-state index in [4.69, 9.17) is 0 Å². The maximum absolute atomic E-state index is 11.5. The summed E-state index contributed by atoms with van der Waals surface area (Å²) in [5, 5.41) is 2.77. The van der Waals surface area contributed by atoms with Crippen LogP contribution in [-0.2, 0) is 0 Å². The van der Waals surface area contributed by atoms with E-state index in [-0.39, 0.29) is 11.7 Å². The second kappa shape index (κ2) is 6.06. The fraction of sp³-hybridized carbons (Fsp3) is 0.600. The van der Waals surface area contributed by atoms with Gasteiger partial charge in [0.25, 0.3) is 5.91 Å². The molecule has 0 aliphatic heterocycles. The molecule has 0 spiro atoms. The molecule has 1 N–H and O–H groups in total. The normalized spacial score (nSPS) is 10.0. The van der Waals surface area contributed by atoms with E-state index in [0.29, 0.717) is 12.4 Å². The molecule has 1 aromatic heterocycles. The molecule has 82 valence electrons. The van der Waals surface area contributed by atoms with Gasteiger partial charge < -0.3 is 5.32 Å². The molecule has 0 aliphatic carbocycles. The Morgan fingerprint density at radius 1 is 1.40 bits per heavy atom. The van der Waals surface area contributed by atoms with Crippen LogP contribution in [0.1, 0.15) is 42.6 Å². The van der Waals surface area contributed by atoms with E-state index in [1.165, 1.54) is 6.33 Å². The number of rotatable bonds is 5. The molecule has 1 amide bonds. The Labute approximate surface area is 89.4 Å². The summed E-state index contributed by atoms with van der Waals surface area (Å²) in [7, 11) is 0. The molecule has 0 aromatic carbocycles. The van der Waals surface area contributed by atoms with Crippen molar-refractivity contribution in [3.05, 3.63) is 18.0 Å². The predicted molar refractivity (Wildman–Crippen MR) is 56.4 cm³/mol. The van der Waals surface area contributed by atoms with Crippen molar-refractivity contribution in [2.24, 2.45) is 0 Å². The van der Waals surface area contributed by atoms with Gasteiger partial charge >= 0.3 is 0 Å². The quantitative estimate of drug-likeness (QED) is 0.736. The number of nitrogens with zero attached hydrogens (tertiary/aromatic N) is 3. The van der Waals surface area contributed by atoms with Gasteiger partial charge in [-0.1, -0.05) is 19.8 Å². The standard InChI is InChI=1S/C10H16N4O/c1-3-4-5-6-11-10(15)9-13-7-12-8(2)14-9/h7H,3-6H2,1-2H3,(H,11,15). The van der Waals surface area contributed by atoms with E-state index in [1.807, 2.05) is 0 Å². The average molecular weight is 208 g/mol. The summed E-state index contributed by atoms with van der Waals surface area (Å²) >= 11 is 0. The largest absolute Gasteiger partial charge is 0.349 e. The minimum Gasteiger partial charge on any atom is -0.349 e. The Balaban J connectivity index is 2.40. The van der Waals surface area contributed by atoms with Gasteiger partial charge in [-0.2, -0.15) is 0 Å². The summed E-state index contributed by atoms with van der Waals surface area (Å²) in [4.78, 5) is 23.1. The van der Waals surface area contributed by atoms with Gasteiger partial charge in [-0.3, -0.25) is 4.79 Å². The van der Waals surface area contributed by atoms with Crippen LogP contribution in [0.3, 0.4) is 0 Å². The Hall–Kier alpha value is -1.52. The Bertz CT molecular complexity index is 327. The van der Waals surface area contributed by atoms with Gasteiger partial charge in [-0.15, -0.1) is 0 Å². The maximum Gasteiger partial charge on any atom is 0.289 e. The first-order valence-corrected chi connectivity index (χ1v) is 5.18. The molecule has 1 heterocycles. The van der Waals surface area contributed by atoms with Gasteiger partial charge in [-0.05, 0) is 13.3 Å². The second-order valence-corrected chi connectivity index (χ2v) is 3.32. The van der Waals surface area contributed by atoms with Crippen LogP contribution >= 0.6 is 0 Å². The lowest BCUT2D eigenvalue weighted by Gasteiger charge is -2.02. The monoisotopic (exact) mass is 208 g/mol. The van der Waals surface area contributed by atoms with Crippen molar-refractivity contribution >= 4 is 5.91 Å². The van der Waals surface area contributed by atoms with Crippen molar-refractivity contribution < 1.29 is 4.79 Å². The summed E-state index contributed by atoms with van der Waals surface area (Å²) in [6, 6.07) is 0. The number of aryl methyl sites for hydroxylation is 1. The maximum atomic E-state index is 11.5. The third-order valence-electron chi connectivity index (χ3n) is 1.96. The summed E-state index contributed by atoms with van der Waals surface area (Å²) in [5.74, 6) is 0.527. The number of carbonyl (C=O) groups excluding carboxylic acids is 1. The molecular weight excluding hydrogens is 192 g/mol. The molecule has 5 heteroatoms. The SMILES string of the molecule is CCCCCNC(=O)c1ncnc(C)n1. The summed E-state index contributed by atoms with van der Waals surface area (Å²) in [6.07, 6.45) is 4.60. The lowest BCUT2D eigenvalue weighted by atomic mass is 10.2. The van der Waals surface area contributed by atoms with Crippen molar-refractivity contribution in [2.45, 2.75) is 33.1 Å². The number of nitrogens with one attached hydrogen (secondary N) is 1. The smallest absolute Gasteiger partial charge is 0.289 e. The molecule has 15 heavy (non-hydrogen) atoms. The van der Waals surface area contributed by atoms with E-state index in [2.05, 4.69) is 27.2 Å². The number of unbranched alkanes of at least 4 members (excludes halogenated alkanes) is 2. The van der Waals surface area contributed by atoms with Crippen molar-refractivity contribution in [1.82, 2.24) is 20.3 Å². The van der Waals surface area contributed by atoms with Gasteiger partial charge in [0.05, 0.1) is 0 Å². The van der Waals surface area contributed by atoms with Crippen LogP contribution < -0.4 is 5.32 Å². The molecule has 0 saturated carbocycles. The van der Waals surface area contributed by atoms with Gasteiger partial charge in [0.1, 0.15) is 12.2 Å². The number of aromatic nitrogens is 3. The zero-order chi connectivity index (χ0) is 11.1. The van der Waals surface area contributed by atoms with Crippen molar-refractivity contribution in [3.63, 3.8) is 0 Å². The molecule has 5 nitrogen and oxygen atoms in total. The molecule has 0 saturated heterocycles. The summed E-state index contributed by atoms with van der Waals surface area (Å²) in [6.45, 7) is 4.53. The van der Waals surface area contributed by atoms with Crippen LogP contribution in [0.2, 0.25) is 0 Å². The van der Waals surface area contributed by atoms with Crippen LogP contribution in [-0.4, -0.2) is 27.4 Å². The molecule has 0 unspecified atom stereocenters. The van der Waals surface area contributed by atoms with Crippen LogP contribution in [0.5, 0.6) is 0 Å². The topological polar surface area (TPSA) is 67.8 Å². The summed E-state index contributed by atoms with van der Waals surface area (Å²) < 4.78 is 0. The Morgan fingerprint density at radius 2 is 2.20 bits per heavy atom. The van der Waals surface area contributed by atoms with E-state index in [9.17, 15) is 4.79 Å². The first kappa shape index (κ1) is 11.6. The third kappa shape index (κ3) is 4.01. The third-order valence-corrected chi connectivity index (χ3v) is 1.96. The molecule has 1 aromatic rings. The first-order valence-electron chi connectivity index (χ1n) is 5.18. The van der Waals surface area contributed by atoms with E-state index >= 15 is 0 Å². The lowest BCUT2D eigenvalue weighted by Crippen LogP contribution is -2.26. The minimum absolute atomic E-state index is 0.194. The fourth-order valence-electron chi connectivity index (χ4n) is 1.14. The van der Waals surface area contributed by atoms with Crippen LogP contribution in [0.15, 0.2) is 6.33 Å². The number of hydrogen-bond acceptors (Lipinski definition) is 4. The van der Waals surface area contributed by atoms with E-state index < -0.39 is 0 Å². The number of carbonyl (C=O) groups is 1. The number of amides is 1. The highest BCUT2D eigenvalue weighted by Crippen LogP contribution is 1.93. The van der Waals surface area contributed by atoms with E-state index in [1.54, 1.807) is 6.92 Å². The average Bonchev–Trinajstić information content (AvgIpc) is 2.24. The van der Waals surface area contributed by atoms with Gasteiger partial charge in [0, 0.05) is 6.54 Å². The summed E-state index contributed by atoms with van der Waals surface area (Å²) in [5.41, 5.74) is 0. The van der Waals surface area contributed by atoms with Crippen LogP contribution in [0.25, 0.3) is 0 Å². The highest BCUT2D eigenvalue weighted by Gasteiger charge is 2.07. The molecule has 0 fully saturated rings. The Kier molecular flexibility index (Phi) is 4.66. The zero-order valence-corrected chi connectivity index (χ0v) is 9.16. The van der Waals surface area contributed by atoms with Gasteiger partial charge in [0.15, 0.2) is 0 Å². The molecule has 0 bridgehead atoms. The van der Waals surface area contributed by atoms with Crippen LogP contribution in [0, 0.1) is 6.92 Å². The molecular formula is C10H16N4O. The van der Waals surface area contributed by atoms with E-state index in [0.717, 1.165) is 19.3 Å². The van der Waals surface area contributed by atoms with Crippen molar-refractivity contribution in [3.8, 4) is 0 Å². The zero-order valence-electron chi connectivity index (χ0n) is 9.16. The minimum atomic E-state index is -0.225. The molecule has 0 atom stereocenters. The van der Waals surface area contributed by atoms with Crippen molar-refractivity contribution in [2.75, 3.05) is 6.54 Å². The lowest BCUT2D eigenvalue weighted by molar-refractivity contribution is 0.0942. The highest BCUT2D eigenvalue weighted by atomic mass is 16.2. The molecule has 0 radical (unpaired) electrons. The second-order valence-electron chi connectivity index (χ2n) is 3.32. The predicted octanol–water partition coefficient (Wildman–Crippen LogP) is 1.10. The van der Waals surface area contributed by atoms with Gasteiger partial charge in [-0.25, -0.2) is 15.0 Å². The Morgan fingerprint density at radius 3 is 2.87 bits per heavy atom. The number of hydrogen-bond donors (Lipinski definition) is 1. The first-order chi connectivity index (χ1) is 7.24.